The number of fused-ring (bicyclic) bond motifs is 1. The zero-order chi connectivity index (χ0) is 23.7. The Morgan fingerprint density at radius 3 is 2.56 bits per heavy atom. The molecule has 5 rings (SSSR count). The number of carbonyl (C=O) groups excluding carboxylic acids is 2. The second-order valence-corrected chi connectivity index (χ2v) is 8.47. The first-order valence-electron chi connectivity index (χ1n) is 11.2. The average Bonchev–Trinajstić information content (AvgIpc) is 2.85. The Morgan fingerprint density at radius 2 is 1.88 bits per heavy atom. The molecule has 3 aromatic rings. The van der Waals surface area contributed by atoms with Gasteiger partial charge in [0.25, 0.3) is 5.91 Å². The highest BCUT2D eigenvalue weighted by Crippen LogP contribution is 2.32. The number of likely N-dealkylation sites (tertiary alicyclic amines) is 1. The maximum atomic E-state index is 13.3. The largest absolute Gasteiger partial charge is 0.343 e. The van der Waals surface area contributed by atoms with Crippen molar-refractivity contribution in [2.75, 3.05) is 18.4 Å². The Balaban J connectivity index is 1.41. The fourth-order valence-electron chi connectivity index (χ4n) is 4.44. The van der Waals surface area contributed by atoms with Gasteiger partial charge in [0.2, 0.25) is 11.9 Å². The van der Waals surface area contributed by atoms with Crippen LogP contribution in [0.15, 0.2) is 54.9 Å². The molecule has 1 fully saturated rings. The van der Waals surface area contributed by atoms with Crippen molar-refractivity contribution in [3.05, 3.63) is 77.5 Å². The Labute approximate surface area is 196 Å². The number of pyridine rings is 2. The predicted octanol–water partition coefficient (Wildman–Crippen LogP) is 4.48. The normalized spacial score (nSPS) is 15.6. The van der Waals surface area contributed by atoms with Gasteiger partial charge in [0.05, 0.1) is 11.3 Å². The van der Waals surface area contributed by atoms with Crippen molar-refractivity contribution >= 4 is 29.4 Å². The number of rotatable bonds is 4. The van der Waals surface area contributed by atoms with Crippen molar-refractivity contribution in [1.82, 2.24) is 20.2 Å². The van der Waals surface area contributed by atoms with Crippen molar-refractivity contribution in [2.45, 2.75) is 25.7 Å². The number of benzene rings is 1. The number of piperidine rings is 1. The third-order valence-corrected chi connectivity index (χ3v) is 6.32. The van der Waals surface area contributed by atoms with Crippen LogP contribution in [-0.4, -0.2) is 39.8 Å². The number of nitrogens with one attached hydrogen (secondary N) is 1. The van der Waals surface area contributed by atoms with Gasteiger partial charge in [0.1, 0.15) is 5.82 Å². The molecule has 0 atom stereocenters. The molecule has 171 valence electrons. The maximum Gasteiger partial charge on any atom is 0.281 e. The smallest absolute Gasteiger partial charge is 0.281 e. The number of halogens is 1. The molecule has 0 saturated carbocycles. The molecule has 2 aliphatic heterocycles. The van der Waals surface area contributed by atoms with Crippen molar-refractivity contribution in [3.63, 3.8) is 0 Å². The van der Waals surface area contributed by atoms with Gasteiger partial charge in [0.15, 0.2) is 0 Å². The van der Waals surface area contributed by atoms with Gasteiger partial charge in [-0.25, -0.2) is 15.3 Å². The van der Waals surface area contributed by atoms with Gasteiger partial charge in [-0.1, -0.05) is 12.1 Å². The lowest BCUT2D eigenvalue weighted by molar-refractivity contribution is -0.129. The van der Waals surface area contributed by atoms with E-state index in [0.29, 0.717) is 34.1 Å². The highest BCUT2D eigenvalue weighted by Gasteiger charge is 2.24. The van der Waals surface area contributed by atoms with Crippen LogP contribution in [0.5, 0.6) is 0 Å². The Morgan fingerprint density at radius 1 is 1.12 bits per heavy atom. The van der Waals surface area contributed by atoms with E-state index in [2.05, 4.69) is 32.7 Å². The fourth-order valence-corrected chi connectivity index (χ4v) is 4.44. The van der Waals surface area contributed by atoms with Crippen LogP contribution in [0, 0.1) is 5.95 Å². The maximum absolute atomic E-state index is 13.3. The van der Waals surface area contributed by atoms with E-state index in [9.17, 15) is 14.0 Å². The minimum absolute atomic E-state index is 0.128. The number of aromatic nitrogens is 2. The second-order valence-electron chi connectivity index (χ2n) is 8.47. The molecule has 1 aromatic carbocycles. The number of hydrogen-bond acceptors (Lipinski definition) is 5. The fraction of sp³-hybridized carbons (Fsp3) is 0.231. The van der Waals surface area contributed by atoms with E-state index in [0.717, 1.165) is 31.6 Å². The summed E-state index contributed by atoms with van der Waals surface area (Å²) in [5, 5.41) is 7.15. The molecule has 2 amide bonds. The summed E-state index contributed by atoms with van der Waals surface area (Å²) >= 11 is 0. The monoisotopic (exact) mass is 456 g/mol. The van der Waals surface area contributed by atoms with E-state index in [-0.39, 0.29) is 11.8 Å². The molecule has 1 radical (unpaired) electrons. The van der Waals surface area contributed by atoms with Gasteiger partial charge in [-0.15, -0.1) is 0 Å². The zero-order valence-corrected chi connectivity index (χ0v) is 18.7. The SMILES string of the molecule is CC(=O)N1CCC(c2ccc(Nc3nc(-c4ccc(F)nc4)cc4c3C(=O)[N]C=C4)cc2)CC1. The second kappa shape index (κ2) is 9.05. The predicted molar refractivity (Wildman–Crippen MR) is 127 cm³/mol. The summed E-state index contributed by atoms with van der Waals surface area (Å²) in [6, 6.07) is 12.7. The van der Waals surface area contributed by atoms with Crippen LogP contribution in [-0.2, 0) is 4.79 Å². The summed E-state index contributed by atoms with van der Waals surface area (Å²) in [7, 11) is 0. The third kappa shape index (κ3) is 4.39. The first-order chi connectivity index (χ1) is 16.5. The van der Waals surface area contributed by atoms with Crippen LogP contribution in [0.25, 0.3) is 17.3 Å². The van der Waals surface area contributed by atoms with Crippen LogP contribution in [0.4, 0.5) is 15.9 Å². The van der Waals surface area contributed by atoms with E-state index < -0.39 is 5.95 Å². The summed E-state index contributed by atoms with van der Waals surface area (Å²) in [6.45, 7) is 3.17. The third-order valence-electron chi connectivity index (χ3n) is 6.32. The zero-order valence-electron chi connectivity index (χ0n) is 18.7. The van der Waals surface area contributed by atoms with Gasteiger partial charge in [-0.05, 0) is 66.3 Å². The lowest BCUT2D eigenvalue weighted by atomic mass is 9.89. The summed E-state index contributed by atoms with van der Waals surface area (Å²) in [4.78, 5) is 34.4. The summed E-state index contributed by atoms with van der Waals surface area (Å²) < 4.78 is 13.3. The molecule has 1 saturated heterocycles. The van der Waals surface area contributed by atoms with Crippen molar-refractivity contribution in [2.24, 2.45) is 0 Å². The molecule has 7 nitrogen and oxygen atoms in total. The molecule has 34 heavy (non-hydrogen) atoms. The summed E-state index contributed by atoms with van der Waals surface area (Å²) in [6.07, 6.45) is 6.52. The first-order valence-corrected chi connectivity index (χ1v) is 11.2. The van der Waals surface area contributed by atoms with E-state index >= 15 is 0 Å². The lowest BCUT2D eigenvalue weighted by Crippen LogP contribution is -2.36. The number of anilines is 2. The standard InChI is InChI=1S/C26H23FN5O2/c1-16(33)32-12-9-18(10-13-32)17-2-5-21(6-3-17)30-25-24-19(8-11-28-26(24)34)14-22(31-25)20-4-7-23(27)29-15-20/h2-8,11,14-15,18H,9-10,12-13H2,1H3,(H,30,31). The molecule has 0 unspecified atom stereocenters. The molecule has 8 heteroatoms. The molecule has 0 aliphatic carbocycles. The molecule has 0 bridgehead atoms. The van der Waals surface area contributed by atoms with Crippen LogP contribution in [0.2, 0.25) is 0 Å². The summed E-state index contributed by atoms with van der Waals surface area (Å²) in [5.41, 5.74) is 4.30. The van der Waals surface area contributed by atoms with Crippen molar-refractivity contribution in [3.8, 4) is 11.3 Å². The van der Waals surface area contributed by atoms with Gasteiger partial charge in [-0.3, -0.25) is 9.59 Å². The van der Waals surface area contributed by atoms with Gasteiger partial charge in [-0.2, -0.15) is 4.39 Å². The Bertz CT molecular complexity index is 1260. The van der Waals surface area contributed by atoms with Gasteiger partial charge < -0.3 is 10.2 Å². The highest BCUT2D eigenvalue weighted by molar-refractivity contribution is 6.05. The van der Waals surface area contributed by atoms with Crippen LogP contribution in [0.3, 0.4) is 0 Å². The van der Waals surface area contributed by atoms with Gasteiger partial charge in [0, 0.05) is 43.7 Å². The van der Waals surface area contributed by atoms with Crippen molar-refractivity contribution < 1.29 is 14.0 Å². The van der Waals surface area contributed by atoms with Crippen LogP contribution >= 0.6 is 0 Å². The highest BCUT2D eigenvalue weighted by atomic mass is 19.1. The first kappa shape index (κ1) is 21.8. The average molecular weight is 457 g/mol. The molecule has 0 spiro atoms. The number of amides is 2. The Kier molecular flexibility index (Phi) is 5.79. The molecule has 4 heterocycles. The van der Waals surface area contributed by atoms with Gasteiger partial charge >= 0.3 is 0 Å². The molecule has 1 N–H and O–H groups in total. The van der Waals surface area contributed by atoms with E-state index in [1.54, 1.807) is 25.1 Å². The van der Waals surface area contributed by atoms with Crippen LogP contribution < -0.4 is 10.6 Å². The molecular formula is C26H23FN5O2. The van der Waals surface area contributed by atoms with E-state index in [4.69, 9.17) is 0 Å². The minimum atomic E-state index is -0.569. The number of hydrogen-bond donors (Lipinski definition) is 1. The van der Waals surface area contributed by atoms with E-state index in [1.165, 1.54) is 24.0 Å². The Hall–Kier alpha value is -4.07. The molecule has 2 aliphatic rings. The van der Waals surface area contributed by atoms with E-state index in [1.807, 2.05) is 17.0 Å². The number of nitrogens with zero attached hydrogens (tertiary/aromatic N) is 4. The lowest BCUT2D eigenvalue weighted by Gasteiger charge is -2.31. The minimum Gasteiger partial charge on any atom is -0.343 e. The molecular weight excluding hydrogens is 433 g/mol. The topological polar surface area (TPSA) is 89.3 Å². The van der Waals surface area contributed by atoms with Crippen molar-refractivity contribution in [1.29, 1.82) is 0 Å². The number of carbonyl (C=O) groups is 2. The van der Waals surface area contributed by atoms with Crippen LogP contribution in [0.1, 0.15) is 47.2 Å². The quantitative estimate of drug-likeness (QED) is 0.585. The molecule has 2 aromatic heterocycles. The summed E-state index contributed by atoms with van der Waals surface area (Å²) in [5.74, 6) is -0.0116.